The van der Waals surface area contributed by atoms with Crippen LogP contribution in [0.15, 0.2) is 0 Å². The van der Waals surface area contributed by atoms with E-state index in [9.17, 15) is 10.0 Å². The molecule has 26 heavy (non-hydrogen) atoms. The van der Waals surface area contributed by atoms with Gasteiger partial charge in [-0.1, -0.05) is 60.9 Å². The van der Waals surface area contributed by atoms with Crippen LogP contribution in [0.1, 0.15) is 98.3 Å². The number of carbonyl (C=O) groups excluding carboxylic acids is 1. The summed E-state index contributed by atoms with van der Waals surface area (Å²) in [5.74, 6) is -0.282. The summed E-state index contributed by atoms with van der Waals surface area (Å²) in [6.45, 7) is 8.19. The number of nitrogens with zero attached hydrogens (tertiary/aromatic N) is 1. The molecule has 0 amide bonds. The summed E-state index contributed by atoms with van der Waals surface area (Å²) >= 11 is 3.46. The highest BCUT2D eigenvalue weighted by Crippen LogP contribution is 2.40. The summed E-state index contributed by atoms with van der Waals surface area (Å²) in [5.41, 5.74) is -1.03. The maximum atomic E-state index is 12.4. The summed E-state index contributed by atoms with van der Waals surface area (Å²) in [6, 6.07) is 0. The molecule has 153 valence electrons. The van der Waals surface area contributed by atoms with Crippen molar-refractivity contribution in [3.05, 3.63) is 0 Å². The molecule has 1 aliphatic heterocycles. The van der Waals surface area contributed by atoms with Gasteiger partial charge in [0.05, 0.1) is 12.5 Å². The molecule has 0 atom stereocenters. The smallest absolute Gasteiger partial charge is 0.309 e. The van der Waals surface area contributed by atoms with Crippen molar-refractivity contribution in [1.82, 2.24) is 5.06 Å². The van der Waals surface area contributed by atoms with E-state index in [1.54, 1.807) is 0 Å². The first-order valence-electron chi connectivity index (χ1n) is 10.4. The number of hydrogen-bond donors (Lipinski definition) is 0. The minimum Gasteiger partial charge on any atom is -0.465 e. The second-order valence-corrected chi connectivity index (χ2v) is 9.86. The number of hydroxylamine groups is 2. The van der Waals surface area contributed by atoms with Crippen molar-refractivity contribution in [1.29, 1.82) is 0 Å². The number of rotatable bonds is 12. The maximum Gasteiger partial charge on any atom is 0.309 e. The minimum atomic E-state index is -0.514. The fraction of sp³-hybridized carbons (Fsp3) is 0.952. The van der Waals surface area contributed by atoms with Crippen LogP contribution in [0.4, 0.5) is 0 Å². The van der Waals surface area contributed by atoms with E-state index >= 15 is 0 Å². The summed E-state index contributed by atoms with van der Waals surface area (Å²) in [6.07, 6.45) is 12.4. The predicted octanol–water partition coefficient (Wildman–Crippen LogP) is 6.05. The standard InChI is InChI=1S/C21H39BrNO3/c1-20(2)16-18(17-21(3,4)23(20)25)19(24)26-15-13-11-9-7-5-6-8-10-12-14-22/h18H,5-17H2,1-4H3. The molecule has 1 heterocycles. The van der Waals surface area contributed by atoms with Crippen LogP contribution in [0.25, 0.3) is 0 Å². The Morgan fingerprint density at radius 1 is 0.885 bits per heavy atom. The Labute approximate surface area is 169 Å². The Hall–Kier alpha value is -0.130. The van der Waals surface area contributed by atoms with Crippen LogP contribution in [0.3, 0.4) is 0 Å². The Bertz CT molecular complexity index is 394. The van der Waals surface area contributed by atoms with Gasteiger partial charge in [0.1, 0.15) is 0 Å². The monoisotopic (exact) mass is 432 g/mol. The summed E-state index contributed by atoms with van der Waals surface area (Å²) in [7, 11) is 0. The van der Waals surface area contributed by atoms with Crippen LogP contribution in [0.2, 0.25) is 0 Å². The largest absolute Gasteiger partial charge is 0.465 e. The first kappa shape index (κ1) is 23.9. The van der Waals surface area contributed by atoms with E-state index < -0.39 is 11.1 Å². The fourth-order valence-corrected chi connectivity index (χ4v) is 4.55. The van der Waals surface area contributed by atoms with Gasteiger partial charge in [0.25, 0.3) is 0 Å². The molecular weight excluding hydrogens is 394 g/mol. The van der Waals surface area contributed by atoms with E-state index in [1.165, 1.54) is 44.9 Å². The van der Waals surface area contributed by atoms with Crippen molar-refractivity contribution in [3.8, 4) is 0 Å². The van der Waals surface area contributed by atoms with E-state index in [4.69, 9.17) is 4.74 Å². The average molecular weight is 433 g/mol. The molecule has 1 radical (unpaired) electrons. The highest BCUT2D eigenvalue weighted by Gasteiger charge is 2.48. The van der Waals surface area contributed by atoms with Crippen molar-refractivity contribution in [3.63, 3.8) is 0 Å². The second-order valence-electron chi connectivity index (χ2n) is 9.06. The number of alkyl halides is 1. The second kappa shape index (κ2) is 11.7. The highest BCUT2D eigenvalue weighted by atomic mass is 79.9. The van der Waals surface area contributed by atoms with Crippen molar-refractivity contribution in [2.75, 3.05) is 11.9 Å². The Balaban J connectivity index is 2.12. The van der Waals surface area contributed by atoms with E-state index in [1.807, 2.05) is 27.7 Å². The minimum absolute atomic E-state index is 0.119. The number of halogens is 1. The van der Waals surface area contributed by atoms with Crippen molar-refractivity contribution >= 4 is 21.9 Å². The van der Waals surface area contributed by atoms with Gasteiger partial charge < -0.3 is 4.74 Å². The van der Waals surface area contributed by atoms with Gasteiger partial charge in [0, 0.05) is 16.4 Å². The van der Waals surface area contributed by atoms with Gasteiger partial charge in [-0.3, -0.25) is 4.79 Å². The number of ether oxygens (including phenoxy) is 1. The third-order valence-electron chi connectivity index (χ3n) is 5.45. The normalized spacial score (nSPS) is 20.2. The van der Waals surface area contributed by atoms with Gasteiger partial charge in [0.15, 0.2) is 0 Å². The highest BCUT2D eigenvalue weighted by molar-refractivity contribution is 9.09. The zero-order chi connectivity index (χ0) is 19.6. The van der Waals surface area contributed by atoms with Crippen molar-refractivity contribution in [2.45, 2.75) is 109 Å². The average Bonchev–Trinajstić information content (AvgIpc) is 2.56. The number of hydrogen-bond acceptors (Lipinski definition) is 3. The van der Waals surface area contributed by atoms with Crippen LogP contribution in [0.5, 0.6) is 0 Å². The van der Waals surface area contributed by atoms with Gasteiger partial charge in [0.2, 0.25) is 0 Å². The molecule has 0 aliphatic carbocycles. The molecule has 4 nitrogen and oxygen atoms in total. The van der Waals surface area contributed by atoms with Gasteiger partial charge in [-0.25, -0.2) is 0 Å². The van der Waals surface area contributed by atoms with Gasteiger partial charge in [-0.15, -0.1) is 10.3 Å². The molecule has 0 saturated carbocycles. The Morgan fingerprint density at radius 2 is 1.31 bits per heavy atom. The zero-order valence-corrected chi connectivity index (χ0v) is 18.9. The van der Waals surface area contributed by atoms with Crippen LogP contribution in [0, 0.1) is 5.92 Å². The number of esters is 1. The third-order valence-corrected chi connectivity index (χ3v) is 6.01. The molecule has 1 fully saturated rings. The molecule has 1 rings (SSSR count). The first-order valence-corrected chi connectivity index (χ1v) is 11.5. The molecule has 5 heteroatoms. The molecule has 0 unspecified atom stereocenters. The predicted molar refractivity (Wildman–Crippen MR) is 110 cm³/mol. The molecule has 0 bridgehead atoms. The lowest BCUT2D eigenvalue weighted by molar-refractivity contribution is -0.293. The van der Waals surface area contributed by atoms with Crippen molar-refractivity contribution < 1.29 is 14.7 Å². The van der Waals surface area contributed by atoms with E-state index in [2.05, 4.69) is 15.9 Å². The topological polar surface area (TPSA) is 49.4 Å². The molecule has 0 aromatic carbocycles. The molecule has 1 aliphatic rings. The van der Waals surface area contributed by atoms with Gasteiger partial charge in [-0.2, -0.15) is 0 Å². The molecule has 0 aromatic heterocycles. The van der Waals surface area contributed by atoms with Crippen LogP contribution in [-0.2, 0) is 14.7 Å². The first-order chi connectivity index (χ1) is 12.2. The van der Waals surface area contributed by atoms with Crippen molar-refractivity contribution in [2.24, 2.45) is 5.92 Å². The molecule has 1 saturated heterocycles. The number of piperidine rings is 1. The summed E-state index contributed by atoms with van der Waals surface area (Å²) < 4.78 is 5.51. The fourth-order valence-electron chi connectivity index (χ4n) is 4.15. The summed E-state index contributed by atoms with van der Waals surface area (Å²) in [4.78, 5) is 12.4. The lowest BCUT2D eigenvalue weighted by Crippen LogP contribution is -2.59. The third kappa shape index (κ3) is 8.26. The van der Waals surface area contributed by atoms with Crippen LogP contribution in [-0.4, -0.2) is 34.0 Å². The SMILES string of the molecule is CC1(C)CC(C(=O)OCCCCCCCCCCCBr)CC(C)(C)N1[O]. The number of carbonyl (C=O) groups is 1. The number of unbranched alkanes of at least 4 members (excludes halogenated alkanes) is 8. The molecule has 0 N–H and O–H groups in total. The summed E-state index contributed by atoms with van der Waals surface area (Å²) in [5, 5.41) is 14.6. The van der Waals surface area contributed by atoms with Crippen LogP contribution < -0.4 is 0 Å². The van der Waals surface area contributed by atoms with E-state index in [0.29, 0.717) is 19.4 Å². The van der Waals surface area contributed by atoms with E-state index in [0.717, 1.165) is 23.2 Å². The van der Waals surface area contributed by atoms with Gasteiger partial charge >= 0.3 is 5.97 Å². The zero-order valence-electron chi connectivity index (χ0n) is 17.3. The molecule has 0 spiro atoms. The lowest BCUT2D eigenvalue weighted by atomic mass is 9.75. The Morgan fingerprint density at radius 3 is 1.77 bits per heavy atom. The van der Waals surface area contributed by atoms with E-state index in [-0.39, 0.29) is 11.9 Å². The maximum absolute atomic E-state index is 12.4. The quantitative estimate of drug-likeness (QED) is 0.214. The molecule has 0 aromatic rings. The molecular formula is C21H39BrNO3. The lowest BCUT2D eigenvalue weighted by Gasteiger charge is -2.49. The Kier molecular flexibility index (Phi) is 10.7. The van der Waals surface area contributed by atoms with Crippen LogP contribution >= 0.6 is 15.9 Å². The van der Waals surface area contributed by atoms with Gasteiger partial charge in [-0.05, 0) is 53.4 Å².